The number of benzene rings is 3. The molecule has 0 fully saturated rings. The van der Waals surface area contributed by atoms with Gasteiger partial charge in [-0.3, -0.25) is 4.79 Å². The lowest BCUT2D eigenvalue weighted by Crippen LogP contribution is -2.53. The van der Waals surface area contributed by atoms with E-state index < -0.39 is 17.7 Å². The Morgan fingerprint density at radius 1 is 1.11 bits per heavy atom. The number of fused-ring (bicyclic) bond motifs is 2. The SMILES string of the molecule is CC1(C)Oc2ccc(C#N)cc2[C@H](NC(=O)c2ccc3ccccc3c2)[C@H]1O. The number of nitrogens with zero attached hydrogens (tertiary/aromatic N) is 1. The predicted octanol–water partition coefficient (Wildman–Crippen LogP) is 3.71. The average molecular weight is 372 g/mol. The summed E-state index contributed by atoms with van der Waals surface area (Å²) >= 11 is 0. The lowest BCUT2D eigenvalue weighted by molar-refractivity contribution is -0.0627. The van der Waals surface area contributed by atoms with Crippen molar-refractivity contribution in [2.24, 2.45) is 0 Å². The topological polar surface area (TPSA) is 82.3 Å². The molecule has 1 aliphatic heterocycles. The van der Waals surface area contributed by atoms with E-state index in [4.69, 9.17) is 4.74 Å². The summed E-state index contributed by atoms with van der Waals surface area (Å²) in [5.74, 6) is 0.263. The normalized spacial score (nSPS) is 19.9. The van der Waals surface area contributed by atoms with E-state index in [1.165, 1.54) is 0 Å². The van der Waals surface area contributed by atoms with Crippen LogP contribution in [0.2, 0.25) is 0 Å². The molecule has 0 aromatic heterocycles. The first-order valence-electron chi connectivity index (χ1n) is 9.10. The van der Waals surface area contributed by atoms with Gasteiger partial charge in [0.1, 0.15) is 17.5 Å². The molecule has 4 rings (SSSR count). The van der Waals surface area contributed by atoms with E-state index in [1.54, 1.807) is 38.1 Å². The maximum atomic E-state index is 12.9. The lowest BCUT2D eigenvalue weighted by Gasteiger charge is -2.42. The van der Waals surface area contributed by atoms with Crippen LogP contribution in [0.25, 0.3) is 10.8 Å². The van der Waals surface area contributed by atoms with Crippen molar-refractivity contribution in [3.8, 4) is 11.8 Å². The van der Waals surface area contributed by atoms with Gasteiger partial charge in [0, 0.05) is 11.1 Å². The number of aliphatic hydroxyl groups is 1. The van der Waals surface area contributed by atoms with Crippen molar-refractivity contribution in [3.05, 3.63) is 77.4 Å². The monoisotopic (exact) mass is 372 g/mol. The van der Waals surface area contributed by atoms with E-state index in [1.807, 2.05) is 36.4 Å². The van der Waals surface area contributed by atoms with E-state index in [2.05, 4.69) is 11.4 Å². The van der Waals surface area contributed by atoms with Crippen molar-refractivity contribution in [1.29, 1.82) is 5.26 Å². The summed E-state index contributed by atoms with van der Waals surface area (Å²) < 4.78 is 5.90. The zero-order valence-electron chi connectivity index (χ0n) is 15.6. The summed E-state index contributed by atoms with van der Waals surface area (Å²) in [6, 6.07) is 19.7. The Kier molecular flexibility index (Phi) is 4.29. The molecule has 3 aromatic rings. The van der Waals surface area contributed by atoms with Gasteiger partial charge in [0.25, 0.3) is 5.91 Å². The number of carbonyl (C=O) groups is 1. The quantitative estimate of drug-likeness (QED) is 0.718. The molecule has 2 atom stereocenters. The van der Waals surface area contributed by atoms with Gasteiger partial charge in [-0.1, -0.05) is 30.3 Å². The molecule has 0 aliphatic carbocycles. The molecule has 28 heavy (non-hydrogen) atoms. The van der Waals surface area contributed by atoms with E-state index in [0.717, 1.165) is 10.8 Å². The molecule has 140 valence electrons. The molecular weight excluding hydrogens is 352 g/mol. The highest BCUT2D eigenvalue weighted by Gasteiger charge is 2.43. The summed E-state index contributed by atoms with van der Waals surface area (Å²) in [7, 11) is 0. The second kappa shape index (κ2) is 6.66. The highest BCUT2D eigenvalue weighted by atomic mass is 16.5. The van der Waals surface area contributed by atoms with Crippen molar-refractivity contribution >= 4 is 16.7 Å². The fraction of sp³-hybridized carbons (Fsp3) is 0.217. The smallest absolute Gasteiger partial charge is 0.251 e. The molecule has 2 N–H and O–H groups in total. The van der Waals surface area contributed by atoms with Gasteiger partial charge < -0.3 is 15.2 Å². The summed E-state index contributed by atoms with van der Waals surface area (Å²) in [5.41, 5.74) is 0.662. The lowest BCUT2D eigenvalue weighted by atomic mass is 9.85. The molecule has 0 bridgehead atoms. The minimum absolute atomic E-state index is 0.291. The Bertz CT molecular complexity index is 1110. The molecule has 0 unspecified atom stereocenters. The molecule has 0 saturated carbocycles. The van der Waals surface area contributed by atoms with Crippen LogP contribution in [-0.4, -0.2) is 22.7 Å². The number of amides is 1. The Morgan fingerprint density at radius 3 is 2.61 bits per heavy atom. The number of hydrogen-bond donors (Lipinski definition) is 2. The molecule has 3 aromatic carbocycles. The highest BCUT2D eigenvalue weighted by molar-refractivity contribution is 5.98. The van der Waals surface area contributed by atoms with Crippen LogP contribution < -0.4 is 10.1 Å². The van der Waals surface area contributed by atoms with E-state index in [0.29, 0.717) is 22.4 Å². The zero-order valence-corrected chi connectivity index (χ0v) is 15.6. The van der Waals surface area contributed by atoms with Gasteiger partial charge >= 0.3 is 0 Å². The highest BCUT2D eigenvalue weighted by Crippen LogP contribution is 2.40. The molecule has 1 amide bonds. The Morgan fingerprint density at radius 2 is 1.86 bits per heavy atom. The van der Waals surface area contributed by atoms with Gasteiger partial charge in [-0.2, -0.15) is 5.26 Å². The number of hydrogen-bond acceptors (Lipinski definition) is 4. The fourth-order valence-electron chi connectivity index (χ4n) is 3.58. The third-order valence-corrected chi connectivity index (χ3v) is 5.17. The summed E-state index contributed by atoms with van der Waals surface area (Å²) in [5, 5.41) is 25.0. The van der Waals surface area contributed by atoms with Crippen LogP contribution in [0.15, 0.2) is 60.7 Å². The van der Waals surface area contributed by atoms with Gasteiger partial charge in [0.2, 0.25) is 0 Å². The van der Waals surface area contributed by atoms with Crippen LogP contribution in [0.5, 0.6) is 5.75 Å². The summed E-state index contributed by atoms with van der Waals surface area (Å²) in [6.45, 7) is 3.54. The molecular formula is C23H20N2O3. The van der Waals surface area contributed by atoms with Crippen LogP contribution in [0, 0.1) is 11.3 Å². The Labute approximate surface area is 163 Å². The standard InChI is InChI=1S/C23H20N2O3/c1-23(2)21(26)20(18-11-14(13-24)7-10-19(18)28-23)25-22(27)17-9-8-15-5-3-4-6-16(15)12-17/h3-12,20-21,26H,1-2H3,(H,25,27)/t20-,21+/m0/s1. The molecule has 1 heterocycles. The van der Waals surface area contributed by atoms with Crippen LogP contribution in [-0.2, 0) is 0 Å². The number of ether oxygens (including phenoxy) is 1. The van der Waals surface area contributed by atoms with Gasteiger partial charge in [-0.05, 0) is 55.0 Å². The van der Waals surface area contributed by atoms with Crippen molar-refractivity contribution in [1.82, 2.24) is 5.32 Å². The third-order valence-electron chi connectivity index (χ3n) is 5.17. The van der Waals surface area contributed by atoms with E-state index in [9.17, 15) is 15.2 Å². The van der Waals surface area contributed by atoms with Gasteiger partial charge in [-0.15, -0.1) is 0 Å². The first-order chi connectivity index (χ1) is 13.4. The number of aliphatic hydroxyl groups excluding tert-OH is 1. The molecule has 5 heteroatoms. The Balaban J connectivity index is 1.71. The van der Waals surface area contributed by atoms with Gasteiger partial charge in [0.05, 0.1) is 17.7 Å². The largest absolute Gasteiger partial charge is 0.485 e. The van der Waals surface area contributed by atoms with Crippen molar-refractivity contribution in [2.75, 3.05) is 0 Å². The molecule has 0 radical (unpaired) electrons. The number of nitrogens with one attached hydrogen (secondary N) is 1. The van der Waals surface area contributed by atoms with Crippen LogP contribution in [0.1, 0.15) is 41.4 Å². The van der Waals surface area contributed by atoms with Crippen LogP contribution >= 0.6 is 0 Å². The number of carbonyl (C=O) groups excluding carboxylic acids is 1. The summed E-state index contributed by atoms with van der Waals surface area (Å²) in [6.07, 6.45) is -0.974. The van der Waals surface area contributed by atoms with Gasteiger partial charge in [-0.25, -0.2) is 0 Å². The maximum Gasteiger partial charge on any atom is 0.251 e. The van der Waals surface area contributed by atoms with Crippen LogP contribution in [0.3, 0.4) is 0 Å². The minimum atomic E-state index is -0.974. The second-order valence-corrected chi connectivity index (χ2v) is 7.53. The van der Waals surface area contributed by atoms with Crippen molar-refractivity contribution in [2.45, 2.75) is 31.6 Å². The van der Waals surface area contributed by atoms with Crippen molar-refractivity contribution < 1.29 is 14.6 Å². The van der Waals surface area contributed by atoms with Crippen molar-refractivity contribution in [3.63, 3.8) is 0 Å². The zero-order chi connectivity index (χ0) is 19.9. The van der Waals surface area contributed by atoms with Gasteiger partial charge in [0.15, 0.2) is 0 Å². The molecule has 5 nitrogen and oxygen atoms in total. The number of nitriles is 1. The molecule has 1 aliphatic rings. The average Bonchev–Trinajstić information content (AvgIpc) is 2.70. The van der Waals surface area contributed by atoms with E-state index in [-0.39, 0.29) is 5.91 Å². The molecule has 0 saturated heterocycles. The predicted molar refractivity (Wildman–Crippen MR) is 106 cm³/mol. The first-order valence-corrected chi connectivity index (χ1v) is 9.10. The summed E-state index contributed by atoms with van der Waals surface area (Å²) in [4.78, 5) is 12.9. The minimum Gasteiger partial charge on any atom is -0.485 e. The first kappa shape index (κ1) is 18.0. The second-order valence-electron chi connectivity index (χ2n) is 7.53. The fourth-order valence-corrected chi connectivity index (χ4v) is 3.58. The number of rotatable bonds is 2. The molecule has 0 spiro atoms. The van der Waals surface area contributed by atoms with E-state index >= 15 is 0 Å². The Hall–Kier alpha value is -3.36. The third kappa shape index (κ3) is 3.08. The maximum absolute atomic E-state index is 12.9. The van der Waals surface area contributed by atoms with Crippen LogP contribution in [0.4, 0.5) is 0 Å².